The van der Waals surface area contributed by atoms with Crippen LogP contribution in [-0.4, -0.2) is 5.16 Å². The third-order valence-electron chi connectivity index (χ3n) is 1.33. The summed E-state index contributed by atoms with van der Waals surface area (Å²) in [4.78, 5) is 0. The van der Waals surface area contributed by atoms with Crippen LogP contribution in [0.3, 0.4) is 0 Å². The Morgan fingerprint density at radius 3 is 2.44 bits per heavy atom. The van der Waals surface area contributed by atoms with Gasteiger partial charge in [0.2, 0.25) is 0 Å². The molecule has 1 heterocycles. The number of hydrogen-bond donors (Lipinski definition) is 0. The molecule has 1 aromatic rings. The minimum Gasteiger partial charge on any atom is -0.361 e. The zero-order valence-corrected chi connectivity index (χ0v) is 5.47. The zero-order valence-electron chi connectivity index (χ0n) is 5.47. The van der Waals surface area contributed by atoms with E-state index in [0.29, 0.717) is 17.0 Å². The Hall–Kier alpha value is -0.830. The van der Waals surface area contributed by atoms with Crippen molar-refractivity contribution in [1.82, 2.24) is 5.16 Å². The van der Waals surface area contributed by atoms with Gasteiger partial charge in [0, 0.05) is 5.56 Å². The fourth-order valence-electron chi connectivity index (χ4n) is 0.708. The number of hydrogen-bond acceptors (Lipinski definition) is 2. The second-order valence-corrected chi connectivity index (χ2v) is 1.95. The lowest BCUT2D eigenvalue weighted by atomic mass is 10.2. The number of aromatic nitrogens is 1. The van der Waals surface area contributed by atoms with Crippen LogP contribution in [-0.2, 0) is 11.7 Å². The van der Waals surface area contributed by atoms with E-state index in [1.54, 1.807) is 13.8 Å². The van der Waals surface area contributed by atoms with Gasteiger partial charge in [0.1, 0.15) is 12.4 Å². The van der Waals surface area contributed by atoms with Crippen LogP contribution in [0, 0.1) is 13.8 Å². The van der Waals surface area contributed by atoms with Gasteiger partial charge in [0.05, 0.1) is 5.69 Å². The molecule has 3 nitrogen and oxygen atoms in total. The average molecular weight is 126 g/mol. The van der Waals surface area contributed by atoms with Gasteiger partial charge in [-0.3, -0.25) is 0 Å². The minimum absolute atomic E-state index is 0.235. The maximum absolute atomic E-state index is 10.3. The lowest BCUT2D eigenvalue weighted by molar-refractivity contribution is 0.175. The number of aryl methyl sites for hydroxylation is 2. The molecule has 0 unspecified atom stereocenters. The molecule has 1 radical (unpaired) electrons. The molecule has 0 aliphatic carbocycles. The van der Waals surface area contributed by atoms with Gasteiger partial charge in [0.25, 0.3) is 0 Å². The molecule has 0 aliphatic heterocycles. The molecule has 0 saturated carbocycles. The molecule has 1 rings (SSSR count). The Kier molecular flexibility index (Phi) is 1.53. The van der Waals surface area contributed by atoms with Crippen LogP contribution in [0.1, 0.15) is 17.0 Å². The molecule has 0 fully saturated rings. The molecule has 0 N–H and O–H groups in total. The predicted octanol–water partition coefficient (Wildman–Crippen LogP) is 1.22. The van der Waals surface area contributed by atoms with Gasteiger partial charge in [-0.15, -0.1) is 0 Å². The Bertz CT molecular complexity index is 185. The van der Waals surface area contributed by atoms with Crippen molar-refractivity contribution >= 4 is 0 Å². The van der Waals surface area contributed by atoms with E-state index in [9.17, 15) is 5.11 Å². The molecule has 3 heteroatoms. The van der Waals surface area contributed by atoms with Crippen LogP contribution in [0.25, 0.3) is 0 Å². The summed E-state index contributed by atoms with van der Waals surface area (Å²) < 4.78 is 4.74. The summed E-state index contributed by atoms with van der Waals surface area (Å²) in [5.74, 6) is 0.641. The standard InChI is InChI=1S/C6H8NO2/c1-4-6(3-8)5(2)9-7-4/h3H2,1-2H3. The maximum Gasteiger partial charge on any atom is 0.139 e. The third-order valence-corrected chi connectivity index (χ3v) is 1.33. The van der Waals surface area contributed by atoms with E-state index in [0.717, 1.165) is 0 Å². The van der Waals surface area contributed by atoms with Crippen molar-refractivity contribution in [1.29, 1.82) is 0 Å². The average Bonchev–Trinajstić information content (AvgIpc) is 2.12. The molecular formula is C6H8NO2. The van der Waals surface area contributed by atoms with Gasteiger partial charge < -0.3 is 4.52 Å². The second kappa shape index (κ2) is 2.19. The van der Waals surface area contributed by atoms with Crippen LogP contribution >= 0.6 is 0 Å². The smallest absolute Gasteiger partial charge is 0.139 e. The van der Waals surface area contributed by atoms with Crippen molar-refractivity contribution in [3.8, 4) is 0 Å². The first-order valence-corrected chi connectivity index (χ1v) is 2.75. The summed E-state index contributed by atoms with van der Waals surface area (Å²) in [5.41, 5.74) is 1.40. The van der Waals surface area contributed by atoms with Crippen molar-refractivity contribution < 1.29 is 9.63 Å². The predicted molar refractivity (Wildman–Crippen MR) is 30.4 cm³/mol. The van der Waals surface area contributed by atoms with Gasteiger partial charge >= 0.3 is 0 Å². The highest BCUT2D eigenvalue weighted by molar-refractivity contribution is 5.18. The van der Waals surface area contributed by atoms with Crippen LogP contribution in [0.4, 0.5) is 0 Å². The molecule has 0 atom stereocenters. The van der Waals surface area contributed by atoms with Crippen molar-refractivity contribution in [2.45, 2.75) is 20.5 Å². The fraction of sp³-hybridized carbons (Fsp3) is 0.500. The second-order valence-electron chi connectivity index (χ2n) is 1.95. The van der Waals surface area contributed by atoms with Gasteiger partial charge in [-0.25, -0.2) is 5.11 Å². The molecule has 9 heavy (non-hydrogen) atoms. The van der Waals surface area contributed by atoms with Crippen molar-refractivity contribution in [2.24, 2.45) is 0 Å². The van der Waals surface area contributed by atoms with Crippen LogP contribution in [0.2, 0.25) is 0 Å². The highest BCUT2D eigenvalue weighted by Crippen LogP contribution is 2.10. The van der Waals surface area contributed by atoms with Crippen LogP contribution in [0.5, 0.6) is 0 Å². The third kappa shape index (κ3) is 0.954. The molecule has 0 aromatic carbocycles. The fourth-order valence-corrected chi connectivity index (χ4v) is 0.708. The van der Waals surface area contributed by atoms with E-state index in [2.05, 4.69) is 5.16 Å². The summed E-state index contributed by atoms with van der Waals surface area (Å²) >= 11 is 0. The summed E-state index contributed by atoms with van der Waals surface area (Å²) in [7, 11) is 0. The SMILES string of the molecule is Cc1noc(C)c1C[O]. The van der Waals surface area contributed by atoms with Gasteiger partial charge in [-0.2, -0.15) is 0 Å². The van der Waals surface area contributed by atoms with Crippen molar-refractivity contribution in [2.75, 3.05) is 0 Å². The molecule has 1 aromatic heterocycles. The van der Waals surface area contributed by atoms with E-state index in [1.807, 2.05) is 0 Å². The van der Waals surface area contributed by atoms with E-state index in [-0.39, 0.29) is 6.61 Å². The Morgan fingerprint density at radius 2 is 2.22 bits per heavy atom. The molecule has 0 amide bonds. The van der Waals surface area contributed by atoms with Gasteiger partial charge in [-0.05, 0) is 13.8 Å². The molecule has 0 bridgehead atoms. The quantitative estimate of drug-likeness (QED) is 0.568. The molecule has 49 valence electrons. The van der Waals surface area contributed by atoms with Crippen molar-refractivity contribution in [3.63, 3.8) is 0 Å². The molecule has 0 spiro atoms. The first-order valence-electron chi connectivity index (χ1n) is 2.75. The van der Waals surface area contributed by atoms with E-state index in [4.69, 9.17) is 4.52 Å². The monoisotopic (exact) mass is 126 g/mol. The van der Waals surface area contributed by atoms with Crippen LogP contribution < -0.4 is 0 Å². The lowest BCUT2D eigenvalue weighted by Crippen LogP contribution is -1.83. The van der Waals surface area contributed by atoms with E-state index >= 15 is 0 Å². The molecular weight excluding hydrogens is 118 g/mol. The maximum atomic E-state index is 10.3. The Balaban J connectivity index is 3.07. The number of nitrogens with zero attached hydrogens (tertiary/aromatic N) is 1. The van der Waals surface area contributed by atoms with Crippen molar-refractivity contribution in [3.05, 3.63) is 17.0 Å². The normalized spacial score (nSPS) is 10.1. The first kappa shape index (κ1) is 6.29. The molecule has 0 saturated heterocycles. The Morgan fingerprint density at radius 1 is 1.56 bits per heavy atom. The Labute approximate surface area is 53.3 Å². The zero-order chi connectivity index (χ0) is 6.85. The van der Waals surface area contributed by atoms with Gasteiger partial charge in [0.15, 0.2) is 0 Å². The van der Waals surface area contributed by atoms with E-state index in [1.165, 1.54) is 0 Å². The van der Waals surface area contributed by atoms with Gasteiger partial charge in [-0.1, -0.05) is 5.16 Å². The summed E-state index contributed by atoms with van der Waals surface area (Å²) in [6.07, 6.45) is 0. The largest absolute Gasteiger partial charge is 0.361 e. The lowest BCUT2D eigenvalue weighted by Gasteiger charge is -1.85. The topological polar surface area (TPSA) is 45.9 Å². The van der Waals surface area contributed by atoms with E-state index < -0.39 is 0 Å². The summed E-state index contributed by atoms with van der Waals surface area (Å²) in [6, 6.07) is 0. The molecule has 0 aliphatic rings. The highest BCUT2D eigenvalue weighted by atomic mass is 16.5. The minimum atomic E-state index is -0.235. The summed E-state index contributed by atoms with van der Waals surface area (Å²) in [5, 5.41) is 13.9. The van der Waals surface area contributed by atoms with Crippen LogP contribution in [0.15, 0.2) is 4.52 Å². The summed E-state index contributed by atoms with van der Waals surface area (Å²) in [6.45, 7) is 3.28. The first-order chi connectivity index (χ1) is 4.25. The highest BCUT2D eigenvalue weighted by Gasteiger charge is 2.06. The number of rotatable bonds is 1.